The van der Waals surface area contributed by atoms with Gasteiger partial charge in [0.25, 0.3) is 5.91 Å². The molecule has 3 heterocycles. The molecule has 3 aromatic rings. The third-order valence-corrected chi connectivity index (χ3v) is 5.19. The van der Waals surface area contributed by atoms with E-state index >= 15 is 0 Å². The number of hydrogen-bond acceptors (Lipinski definition) is 5. The molecule has 8 nitrogen and oxygen atoms in total. The van der Waals surface area contributed by atoms with E-state index in [0.29, 0.717) is 24.5 Å². The van der Waals surface area contributed by atoms with Gasteiger partial charge in [0, 0.05) is 50.6 Å². The lowest BCUT2D eigenvalue weighted by Crippen LogP contribution is -2.40. The van der Waals surface area contributed by atoms with E-state index in [4.69, 9.17) is 4.74 Å². The Bertz CT molecular complexity index is 920. The molecule has 8 heteroatoms. The van der Waals surface area contributed by atoms with Gasteiger partial charge in [0.1, 0.15) is 12.2 Å². The zero-order chi connectivity index (χ0) is 19.3. The van der Waals surface area contributed by atoms with Gasteiger partial charge in [0.05, 0.1) is 12.2 Å². The van der Waals surface area contributed by atoms with Crippen LogP contribution in [0.2, 0.25) is 0 Å². The molecule has 0 aliphatic carbocycles. The average Bonchev–Trinajstić information content (AvgIpc) is 3.44. The van der Waals surface area contributed by atoms with Crippen molar-refractivity contribution in [3.8, 4) is 11.4 Å². The molecule has 0 unspecified atom stereocenters. The maximum absolute atomic E-state index is 13.3. The number of hydrogen-bond donors (Lipinski definition) is 1. The molecule has 28 heavy (non-hydrogen) atoms. The number of likely N-dealkylation sites (tertiary alicyclic amines) is 1. The Morgan fingerprint density at radius 3 is 3.04 bits per heavy atom. The first kappa shape index (κ1) is 18.4. The van der Waals surface area contributed by atoms with Gasteiger partial charge in [-0.3, -0.25) is 9.89 Å². The number of nitrogens with one attached hydrogen (secondary N) is 1. The Hall–Kier alpha value is -3.00. The summed E-state index contributed by atoms with van der Waals surface area (Å²) in [6.07, 6.45) is 7.24. The number of nitrogens with zero attached hydrogens (tertiary/aromatic N) is 5. The van der Waals surface area contributed by atoms with Crippen LogP contribution in [0.4, 0.5) is 0 Å². The van der Waals surface area contributed by atoms with Gasteiger partial charge in [-0.25, -0.2) is 9.97 Å². The van der Waals surface area contributed by atoms with Crippen molar-refractivity contribution >= 4 is 5.91 Å². The molecule has 1 aromatic carbocycles. The monoisotopic (exact) mass is 380 g/mol. The molecule has 4 rings (SSSR count). The first-order chi connectivity index (χ1) is 13.8. The van der Waals surface area contributed by atoms with Crippen molar-refractivity contribution in [1.82, 2.24) is 29.6 Å². The summed E-state index contributed by atoms with van der Waals surface area (Å²) in [5.41, 5.74) is 1.41. The molecule has 0 saturated carbocycles. The molecule has 1 saturated heterocycles. The van der Waals surface area contributed by atoms with Crippen LogP contribution in [0.5, 0.6) is 0 Å². The summed E-state index contributed by atoms with van der Waals surface area (Å²) in [6.45, 7) is 2.82. The Balaban J connectivity index is 1.55. The number of carbonyl (C=O) groups excluding carboxylic acids is 1. The molecule has 0 spiro atoms. The maximum Gasteiger partial charge on any atom is 0.254 e. The molecule has 1 fully saturated rings. The highest BCUT2D eigenvalue weighted by atomic mass is 16.5. The summed E-state index contributed by atoms with van der Waals surface area (Å²) >= 11 is 0. The Morgan fingerprint density at radius 1 is 1.32 bits per heavy atom. The lowest BCUT2D eigenvalue weighted by atomic mass is 9.95. The van der Waals surface area contributed by atoms with Crippen molar-refractivity contribution in [2.75, 3.05) is 26.8 Å². The lowest BCUT2D eigenvalue weighted by Gasteiger charge is -2.33. The van der Waals surface area contributed by atoms with Crippen LogP contribution in [-0.4, -0.2) is 62.3 Å². The van der Waals surface area contributed by atoms with Crippen LogP contribution in [0, 0.1) is 0 Å². The van der Waals surface area contributed by atoms with Gasteiger partial charge in [-0.05, 0) is 18.9 Å². The van der Waals surface area contributed by atoms with Gasteiger partial charge in [-0.1, -0.05) is 18.2 Å². The van der Waals surface area contributed by atoms with Crippen molar-refractivity contribution in [2.45, 2.75) is 25.3 Å². The predicted octanol–water partition coefficient (Wildman–Crippen LogP) is 2.33. The molecule has 2 aromatic heterocycles. The predicted molar refractivity (Wildman–Crippen MR) is 104 cm³/mol. The van der Waals surface area contributed by atoms with E-state index in [1.807, 2.05) is 41.6 Å². The zero-order valence-electron chi connectivity index (χ0n) is 15.9. The topological polar surface area (TPSA) is 88.9 Å². The second-order valence-electron chi connectivity index (χ2n) is 6.94. The third kappa shape index (κ3) is 3.68. The van der Waals surface area contributed by atoms with E-state index in [-0.39, 0.29) is 11.8 Å². The average molecular weight is 380 g/mol. The van der Waals surface area contributed by atoms with Crippen molar-refractivity contribution in [1.29, 1.82) is 0 Å². The number of imidazole rings is 1. The highest BCUT2D eigenvalue weighted by molar-refractivity contribution is 6.00. The molecule has 146 valence electrons. The number of H-pyrrole nitrogens is 1. The van der Waals surface area contributed by atoms with Gasteiger partial charge in [-0.2, -0.15) is 5.10 Å². The van der Waals surface area contributed by atoms with Crippen LogP contribution in [0.1, 0.15) is 34.9 Å². The van der Waals surface area contributed by atoms with Crippen molar-refractivity contribution in [3.63, 3.8) is 0 Å². The molecular weight excluding hydrogens is 356 g/mol. The number of benzene rings is 1. The van der Waals surface area contributed by atoms with Crippen LogP contribution in [-0.2, 0) is 11.3 Å². The SMILES string of the molecule is COCCn1ccnc1[C@@H]1CCCN(C(=O)c2ccccc2-c2ncn[nH]2)C1. The summed E-state index contributed by atoms with van der Waals surface area (Å²) < 4.78 is 7.33. The number of rotatable bonds is 6. The standard InChI is InChI=1S/C20H24N6O2/c1-28-12-11-25-10-8-21-19(25)15-5-4-9-26(13-15)20(27)17-7-3-2-6-16(17)18-22-14-23-24-18/h2-3,6-8,10,14-15H,4-5,9,11-13H2,1H3,(H,22,23,24)/t15-/m1/s1. The van der Waals surface area contributed by atoms with Gasteiger partial charge in [-0.15, -0.1) is 0 Å². The van der Waals surface area contributed by atoms with Gasteiger partial charge in [0.2, 0.25) is 0 Å². The molecule has 0 radical (unpaired) electrons. The van der Waals surface area contributed by atoms with Crippen LogP contribution in [0.15, 0.2) is 43.0 Å². The molecule has 1 aliphatic rings. The third-order valence-electron chi connectivity index (χ3n) is 5.19. The number of ether oxygens (including phenoxy) is 1. The van der Waals surface area contributed by atoms with Crippen LogP contribution in [0.3, 0.4) is 0 Å². The second-order valence-corrected chi connectivity index (χ2v) is 6.94. The fraction of sp³-hybridized carbons (Fsp3) is 0.400. The smallest absolute Gasteiger partial charge is 0.254 e. The van der Waals surface area contributed by atoms with Crippen molar-refractivity contribution < 1.29 is 9.53 Å². The van der Waals surface area contributed by atoms with E-state index in [1.54, 1.807) is 7.11 Å². The normalized spacial score (nSPS) is 17.0. The molecule has 0 bridgehead atoms. The molecule has 1 atom stereocenters. The summed E-state index contributed by atoms with van der Waals surface area (Å²) in [4.78, 5) is 24.0. The minimum Gasteiger partial charge on any atom is -0.383 e. The van der Waals surface area contributed by atoms with E-state index in [9.17, 15) is 4.79 Å². The number of aromatic amines is 1. The van der Waals surface area contributed by atoms with E-state index < -0.39 is 0 Å². The largest absolute Gasteiger partial charge is 0.383 e. The fourth-order valence-electron chi connectivity index (χ4n) is 3.81. The molecule has 1 N–H and O–H groups in total. The fourth-order valence-corrected chi connectivity index (χ4v) is 3.81. The Labute approximate surface area is 163 Å². The van der Waals surface area contributed by atoms with E-state index in [0.717, 1.165) is 37.3 Å². The highest BCUT2D eigenvalue weighted by Gasteiger charge is 2.29. The number of aromatic nitrogens is 5. The lowest BCUT2D eigenvalue weighted by molar-refractivity contribution is 0.0703. The van der Waals surface area contributed by atoms with Gasteiger partial charge in [0.15, 0.2) is 5.82 Å². The highest BCUT2D eigenvalue weighted by Crippen LogP contribution is 2.28. The summed E-state index contributed by atoms with van der Waals surface area (Å²) in [7, 11) is 1.70. The first-order valence-electron chi connectivity index (χ1n) is 9.52. The Kier molecular flexibility index (Phi) is 5.48. The number of amides is 1. The number of methoxy groups -OCH3 is 1. The summed E-state index contributed by atoms with van der Waals surface area (Å²) in [6, 6.07) is 7.53. The van der Waals surface area contributed by atoms with E-state index in [1.165, 1.54) is 6.33 Å². The minimum atomic E-state index is 0.0201. The first-order valence-corrected chi connectivity index (χ1v) is 9.52. The van der Waals surface area contributed by atoms with Crippen molar-refractivity contribution in [2.24, 2.45) is 0 Å². The summed E-state index contributed by atoms with van der Waals surface area (Å²) in [5.74, 6) is 1.87. The number of piperidine rings is 1. The zero-order valence-corrected chi connectivity index (χ0v) is 15.9. The Morgan fingerprint density at radius 2 is 2.21 bits per heavy atom. The van der Waals surface area contributed by atoms with Crippen LogP contribution < -0.4 is 0 Å². The second kappa shape index (κ2) is 8.35. The maximum atomic E-state index is 13.3. The molecular formula is C20H24N6O2. The van der Waals surface area contributed by atoms with Crippen LogP contribution in [0.25, 0.3) is 11.4 Å². The quantitative estimate of drug-likeness (QED) is 0.709. The van der Waals surface area contributed by atoms with Gasteiger partial charge >= 0.3 is 0 Å². The minimum absolute atomic E-state index is 0.0201. The van der Waals surface area contributed by atoms with Crippen LogP contribution >= 0.6 is 0 Å². The summed E-state index contributed by atoms with van der Waals surface area (Å²) in [5, 5.41) is 6.76. The molecule has 1 aliphatic heterocycles. The molecule has 1 amide bonds. The van der Waals surface area contributed by atoms with E-state index in [2.05, 4.69) is 24.7 Å². The van der Waals surface area contributed by atoms with Crippen molar-refractivity contribution in [3.05, 3.63) is 54.4 Å². The van der Waals surface area contributed by atoms with Gasteiger partial charge < -0.3 is 14.2 Å². The number of carbonyl (C=O) groups is 1.